The molecule has 7 heteroatoms. The maximum absolute atomic E-state index is 11.8. The highest BCUT2D eigenvalue weighted by molar-refractivity contribution is 5.97. The second kappa shape index (κ2) is 6.14. The number of carbonyl (C=O) groups excluding carboxylic acids is 2. The normalized spacial score (nSPS) is 12.2. The molecule has 0 saturated carbocycles. The number of alkyl halides is 3. The minimum atomic E-state index is -5.18. The fraction of sp³-hybridized carbons (Fsp3) is 0.556. The van der Waals surface area contributed by atoms with Crippen LogP contribution in [0.25, 0.3) is 0 Å². The third kappa shape index (κ3) is 4.81. The van der Waals surface area contributed by atoms with Crippen LogP contribution in [-0.2, 0) is 19.1 Å². The minimum Gasteiger partial charge on any atom is -0.501 e. The Labute approximate surface area is 90.0 Å². The molecule has 0 spiro atoms. The van der Waals surface area contributed by atoms with Gasteiger partial charge < -0.3 is 9.47 Å². The lowest BCUT2D eigenvalue weighted by atomic mass is 10.2. The molecule has 0 aromatic carbocycles. The number of hydrogen-bond donors (Lipinski definition) is 0. The van der Waals surface area contributed by atoms with Crippen LogP contribution in [0.5, 0.6) is 0 Å². The summed E-state index contributed by atoms with van der Waals surface area (Å²) in [4.78, 5) is 21.4. The summed E-state index contributed by atoms with van der Waals surface area (Å²) in [6.07, 6.45) is -4.10. The Bertz CT molecular complexity index is 294. The van der Waals surface area contributed by atoms with Crippen molar-refractivity contribution in [3.05, 3.63) is 11.8 Å². The molecule has 0 amide bonds. The predicted octanol–water partition coefficient (Wildman–Crippen LogP) is 1.95. The Morgan fingerprint density at radius 3 is 2.19 bits per heavy atom. The van der Waals surface area contributed by atoms with E-state index in [-0.39, 0.29) is 18.6 Å². The van der Waals surface area contributed by atoms with Crippen molar-refractivity contribution in [2.24, 2.45) is 0 Å². The van der Waals surface area contributed by atoms with E-state index in [4.69, 9.17) is 4.74 Å². The zero-order valence-electron chi connectivity index (χ0n) is 8.76. The van der Waals surface area contributed by atoms with Crippen LogP contribution >= 0.6 is 0 Å². The Morgan fingerprint density at radius 2 is 1.81 bits per heavy atom. The summed E-state index contributed by atoms with van der Waals surface area (Å²) in [7, 11) is 0. The van der Waals surface area contributed by atoms with Crippen LogP contribution in [0.4, 0.5) is 13.2 Å². The van der Waals surface area contributed by atoms with Crippen molar-refractivity contribution >= 4 is 11.9 Å². The molecule has 0 aliphatic heterocycles. The van der Waals surface area contributed by atoms with Crippen LogP contribution in [-0.4, -0.2) is 24.7 Å². The van der Waals surface area contributed by atoms with Gasteiger partial charge in [-0.2, -0.15) is 13.2 Å². The number of carbonyl (C=O) groups is 2. The summed E-state index contributed by atoms with van der Waals surface area (Å²) >= 11 is 0. The second-order valence-electron chi connectivity index (χ2n) is 2.63. The quantitative estimate of drug-likeness (QED) is 0.326. The first-order valence-electron chi connectivity index (χ1n) is 4.46. The van der Waals surface area contributed by atoms with Gasteiger partial charge in [-0.15, -0.1) is 0 Å². The van der Waals surface area contributed by atoms with Crippen LogP contribution in [0.3, 0.4) is 0 Å². The van der Waals surface area contributed by atoms with Gasteiger partial charge in [-0.1, -0.05) is 6.92 Å². The van der Waals surface area contributed by atoms with Gasteiger partial charge in [0.1, 0.15) is 0 Å². The van der Waals surface area contributed by atoms with Crippen LogP contribution in [0.1, 0.15) is 20.3 Å². The van der Waals surface area contributed by atoms with Gasteiger partial charge in [0.2, 0.25) is 0 Å². The van der Waals surface area contributed by atoms with Crippen molar-refractivity contribution < 1.29 is 32.2 Å². The molecule has 0 N–H and O–H groups in total. The minimum absolute atomic E-state index is 0.101. The first kappa shape index (κ1) is 14.5. The maximum Gasteiger partial charge on any atom is 0.491 e. The molecule has 92 valence electrons. The third-order valence-corrected chi connectivity index (χ3v) is 1.45. The summed E-state index contributed by atoms with van der Waals surface area (Å²) in [5.74, 6) is -3.88. The van der Waals surface area contributed by atoms with E-state index in [1.165, 1.54) is 6.92 Å². The molecular formula is C9H11F3O4. The molecule has 0 radical (unpaired) electrons. The van der Waals surface area contributed by atoms with Crippen molar-refractivity contribution in [3.63, 3.8) is 0 Å². The molecule has 0 fully saturated rings. The first-order chi connectivity index (χ1) is 7.32. The molecule has 0 atom stereocenters. The Balaban J connectivity index is 4.50. The van der Waals surface area contributed by atoms with E-state index in [2.05, 4.69) is 4.74 Å². The molecular weight excluding hydrogens is 229 g/mol. The molecule has 4 nitrogen and oxygen atoms in total. The average molecular weight is 240 g/mol. The molecule has 0 bridgehead atoms. The lowest BCUT2D eigenvalue weighted by Gasteiger charge is -2.07. The number of hydrogen-bond acceptors (Lipinski definition) is 4. The van der Waals surface area contributed by atoms with Crippen LogP contribution in [0.2, 0.25) is 0 Å². The van der Waals surface area contributed by atoms with Crippen LogP contribution in [0.15, 0.2) is 11.8 Å². The molecule has 0 heterocycles. The SMILES string of the molecule is CCOC=C(CC)C(=O)OC(=O)C(F)(F)F. The lowest BCUT2D eigenvalue weighted by Crippen LogP contribution is -2.28. The molecule has 0 aliphatic carbocycles. The molecule has 0 rings (SSSR count). The summed E-state index contributed by atoms with van der Waals surface area (Å²) in [5, 5.41) is 0. The highest BCUT2D eigenvalue weighted by Gasteiger charge is 2.42. The zero-order chi connectivity index (χ0) is 12.8. The highest BCUT2D eigenvalue weighted by atomic mass is 19.4. The second-order valence-corrected chi connectivity index (χ2v) is 2.63. The monoisotopic (exact) mass is 240 g/mol. The van der Waals surface area contributed by atoms with Gasteiger partial charge in [-0.05, 0) is 13.3 Å². The van der Waals surface area contributed by atoms with Crippen LogP contribution < -0.4 is 0 Å². The Kier molecular flexibility index (Phi) is 5.55. The number of halogens is 3. The van der Waals surface area contributed by atoms with E-state index < -0.39 is 18.1 Å². The molecule has 0 saturated heterocycles. The summed E-state index contributed by atoms with van der Waals surface area (Å²) in [6, 6.07) is 0. The standard InChI is InChI=1S/C9H11F3O4/c1-3-6(5-15-4-2)7(13)16-8(14)9(10,11)12/h5H,3-4H2,1-2H3. The Morgan fingerprint density at radius 1 is 1.25 bits per heavy atom. The zero-order valence-corrected chi connectivity index (χ0v) is 8.76. The van der Waals surface area contributed by atoms with Gasteiger partial charge in [0.15, 0.2) is 0 Å². The van der Waals surface area contributed by atoms with Gasteiger partial charge in [-0.25, -0.2) is 9.59 Å². The van der Waals surface area contributed by atoms with Gasteiger partial charge in [0.05, 0.1) is 18.4 Å². The molecule has 0 aliphatic rings. The van der Waals surface area contributed by atoms with E-state index >= 15 is 0 Å². The maximum atomic E-state index is 11.8. The highest BCUT2D eigenvalue weighted by Crippen LogP contribution is 2.17. The number of esters is 2. The van der Waals surface area contributed by atoms with Gasteiger partial charge in [0, 0.05) is 0 Å². The summed E-state index contributed by atoms with van der Waals surface area (Å²) in [6.45, 7) is 3.41. The fourth-order valence-electron chi connectivity index (χ4n) is 0.667. The summed E-state index contributed by atoms with van der Waals surface area (Å²) in [5.41, 5.74) is -0.139. The van der Waals surface area contributed by atoms with Crippen molar-refractivity contribution in [2.45, 2.75) is 26.4 Å². The van der Waals surface area contributed by atoms with Gasteiger partial charge in [0.25, 0.3) is 0 Å². The van der Waals surface area contributed by atoms with Crippen molar-refractivity contribution in [3.8, 4) is 0 Å². The lowest BCUT2D eigenvalue weighted by molar-refractivity contribution is -0.200. The average Bonchev–Trinajstić information content (AvgIpc) is 2.17. The van der Waals surface area contributed by atoms with E-state index in [1.807, 2.05) is 0 Å². The van der Waals surface area contributed by atoms with Gasteiger partial charge >= 0.3 is 18.1 Å². The number of ether oxygens (including phenoxy) is 2. The molecule has 16 heavy (non-hydrogen) atoms. The van der Waals surface area contributed by atoms with Crippen molar-refractivity contribution in [2.75, 3.05) is 6.61 Å². The molecule has 0 aromatic rings. The largest absolute Gasteiger partial charge is 0.501 e. The smallest absolute Gasteiger partial charge is 0.491 e. The first-order valence-corrected chi connectivity index (χ1v) is 4.46. The van der Waals surface area contributed by atoms with Crippen LogP contribution in [0, 0.1) is 0 Å². The fourth-order valence-corrected chi connectivity index (χ4v) is 0.667. The van der Waals surface area contributed by atoms with Crippen molar-refractivity contribution in [1.82, 2.24) is 0 Å². The topological polar surface area (TPSA) is 52.6 Å². The summed E-state index contributed by atoms with van der Waals surface area (Å²) < 4.78 is 43.6. The van der Waals surface area contributed by atoms with E-state index in [1.54, 1.807) is 6.92 Å². The van der Waals surface area contributed by atoms with E-state index in [0.29, 0.717) is 0 Å². The third-order valence-electron chi connectivity index (χ3n) is 1.45. The van der Waals surface area contributed by atoms with Crippen molar-refractivity contribution in [1.29, 1.82) is 0 Å². The Hall–Kier alpha value is -1.53. The molecule has 0 unspecified atom stereocenters. The number of rotatable bonds is 4. The molecule has 0 aromatic heterocycles. The van der Waals surface area contributed by atoms with Gasteiger partial charge in [-0.3, -0.25) is 0 Å². The van der Waals surface area contributed by atoms with E-state index in [9.17, 15) is 22.8 Å². The van der Waals surface area contributed by atoms with E-state index in [0.717, 1.165) is 6.26 Å². The predicted molar refractivity (Wildman–Crippen MR) is 47.2 cm³/mol.